The van der Waals surface area contributed by atoms with Gasteiger partial charge in [0, 0.05) is 20.1 Å². The second-order valence-corrected chi connectivity index (χ2v) is 8.06. The first-order chi connectivity index (χ1) is 15.1. The maximum atomic E-state index is 13.2. The average molecular weight is 443 g/mol. The van der Waals surface area contributed by atoms with E-state index in [9.17, 15) is 4.39 Å². The van der Waals surface area contributed by atoms with Crippen LogP contribution in [0.1, 0.15) is 23.6 Å². The highest BCUT2D eigenvalue weighted by Crippen LogP contribution is 2.35. The van der Waals surface area contributed by atoms with E-state index >= 15 is 0 Å². The number of rotatable bonds is 4. The van der Waals surface area contributed by atoms with Crippen LogP contribution in [0, 0.1) is 10.6 Å². The molecule has 7 nitrogen and oxygen atoms in total. The summed E-state index contributed by atoms with van der Waals surface area (Å²) in [5.74, 6) is 1.91. The van der Waals surface area contributed by atoms with Crippen molar-refractivity contribution in [2.75, 3.05) is 26.3 Å². The van der Waals surface area contributed by atoms with E-state index in [1.807, 2.05) is 40.6 Å². The first-order valence-corrected chi connectivity index (χ1v) is 10.6. The summed E-state index contributed by atoms with van der Waals surface area (Å²) < 4.78 is 35.4. The van der Waals surface area contributed by atoms with Gasteiger partial charge in [0.05, 0.1) is 19.4 Å². The van der Waals surface area contributed by atoms with E-state index in [0.29, 0.717) is 36.9 Å². The monoisotopic (exact) mass is 442 g/mol. The average Bonchev–Trinajstić information content (AvgIpc) is 3.08. The van der Waals surface area contributed by atoms with Crippen LogP contribution in [0.4, 0.5) is 4.39 Å². The minimum Gasteiger partial charge on any atom is -0.485 e. The summed E-state index contributed by atoms with van der Waals surface area (Å²) in [5.41, 5.74) is 0.961. The number of aromatic nitrogens is 3. The van der Waals surface area contributed by atoms with Crippen LogP contribution in [0.25, 0.3) is 0 Å². The highest BCUT2D eigenvalue weighted by Gasteiger charge is 2.28. The third-order valence-corrected chi connectivity index (χ3v) is 6.08. The summed E-state index contributed by atoms with van der Waals surface area (Å²) in [5, 5.41) is 4.75. The van der Waals surface area contributed by atoms with Gasteiger partial charge in [0.25, 0.3) is 0 Å². The molecule has 162 valence electrons. The van der Waals surface area contributed by atoms with Gasteiger partial charge in [0.2, 0.25) is 0 Å². The molecule has 9 heteroatoms. The van der Waals surface area contributed by atoms with Crippen molar-refractivity contribution in [1.29, 1.82) is 0 Å². The van der Waals surface area contributed by atoms with Gasteiger partial charge in [-0.25, -0.2) is 9.07 Å². The van der Waals surface area contributed by atoms with Gasteiger partial charge < -0.3 is 18.8 Å². The lowest BCUT2D eigenvalue weighted by Crippen LogP contribution is -2.39. The largest absolute Gasteiger partial charge is 0.485 e. The van der Waals surface area contributed by atoms with Crippen molar-refractivity contribution in [2.45, 2.75) is 18.9 Å². The van der Waals surface area contributed by atoms with Gasteiger partial charge in [-0.05, 0) is 42.0 Å². The van der Waals surface area contributed by atoms with Gasteiger partial charge in [-0.2, -0.15) is 5.10 Å². The summed E-state index contributed by atoms with van der Waals surface area (Å²) in [7, 11) is 1.89. The molecule has 0 spiro atoms. The van der Waals surface area contributed by atoms with Crippen LogP contribution in [0.15, 0.2) is 48.5 Å². The first kappa shape index (κ1) is 20.2. The van der Waals surface area contributed by atoms with E-state index in [-0.39, 0.29) is 18.0 Å². The molecule has 0 saturated carbocycles. The molecule has 3 aromatic rings. The van der Waals surface area contributed by atoms with Crippen molar-refractivity contribution in [3.63, 3.8) is 0 Å². The molecule has 2 aromatic carbocycles. The molecule has 2 atom stereocenters. The summed E-state index contributed by atoms with van der Waals surface area (Å²) in [4.78, 5) is 2.23. The van der Waals surface area contributed by atoms with Gasteiger partial charge in [-0.3, -0.25) is 4.90 Å². The molecule has 1 saturated heterocycles. The van der Waals surface area contributed by atoms with Crippen LogP contribution in [0.2, 0.25) is 0 Å². The van der Waals surface area contributed by atoms with E-state index in [1.54, 1.807) is 12.1 Å². The Morgan fingerprint density at radius 1 is 1.10 bits per heavy atom. The van der Waals surface area contributed by atoms with Crippen molar-refractivity contribution >= 4 is 12.2 Å². The van der Waals surface area contributed by atoms with Gasteiger partial charge in [-0.15, -0.1) is 0 Å². The summed E-state index contributed by atoms with van der Waals surface area (Å²) >= 11 is 5.63. The maximum absolute atomic E-state index is 13.2. The molecule has 31 heavy (non-hydrogen) atoms. The zero-order valence-corrected chi connectivity index (χ0v) is 17.9. The Morgan fingerprint density at radius 2 is 1.87 bits per heavy atom. The highest BCUT2D eigenvalue weighted by molar-refractivity contribution is 7.71. The zero-order valence-electron chi connectivity index (χ0n) is 17.1. The molecular formula is C22H23FN4O3S. The fraction of sp³-hybridized carbons (Fsp3) is 0.364. The van der Waals surface area contributed by atoms with Crippen molar-refractivity contribution in [3.8, 4) is 11.5 Å². The Bertz CT molecular complexity index is 1130. The molecule has 0 aliphatic carbocycles. The maximum Gasteiger partial charge on any atom is 0.198 e. The Hall–Kier alpha value is -2.75. The van der Waals surface area contributed by atoms with Crippen molar-refractivity contribution < 1.29 is 18.6 Å². The number of halogens is 1. The van der Waals surface area contributed by atoms with Crippen LogP contribution in [-0.2, 0) is 18.5 Å². The van der Waals surface area contributed by atoms with Crippen LogP contribution in [-0.4, -0.2) is 45.6 Å². The Morgan fingerprint density at radius 3 is 2.68 bits per heavy atom. The Labute approximate surface area is 184 Å². The fourth-order valence-electron chi connectivity index (χ4n) is 3.92. The molecule has 3 heterocycles. The molecule has 0 bridgehead atoms. The lowest BCUT2D eigenvalue weighted by atomic mass is 10.1. The number of morpholine rings is 1. The van der Waals surface area contributed by atoms with Crippen molar-refractivity contribution in [3.05, 3.63) is 70.5 Å². The second kappa shape index (κ2) is 8.41. The summed E-state index contributed by atoms with van der Waals surface area (Å²) in [6.07, 6.45) is -0.446. The number of hydrogen-bond donors (Lipinski definition) is 0. The van der Waals surface area contributed by atoms with Crippen molar-refractivity contribution in [2.24, 2.45) is 7.05 Å². The molecule has 1 aromatic heterocycles. The molecule has 2 unspecified atom stereocenters. The molecule has 1 fully saturated rings. The number of ether oxygens (including phenoxy) is 3. The number of fused-ring (bicyclic) bond motifs is 1. The number of hydrogen-bond acceptors (Lipinski definition) is 6. The molecule has 0 amide bonds. The third kappa shape index (κ3) is 4.08. The SMILES string of the molecule is Cn1c(C2COc3ccccc3O2)nn(CN2CCOC(c3ccc(F)cc3)C2)c1=S. The molecular weight excluding hydrogens is 419 g/mol. The summed E-state index contributed by atoms with van der Waals surface area (Å²) in [6, 6.07) is 14.1. The zero-order chi connectivity index (χ0) is 21.4. The minimum atomic E-state index is -0.334. The first-order valence-electron chi connectivity index (χ1n) is 10.2. The predicted octanol–water partition coefficient (Wildman–Crippen LogP) is 3.63. The van der Waals surface area contributed by atoms with E-state index in [0.717, 1.165) is 23.7 Å². The predicted molar refractivity (Wildman–Crippen MR) is 114 cm³/mol. The lowest BCUT2D eigenvalue weighted by Gasteiger charge is -2.32. The van der Waals surface area contributed by atoms with E-state index in [4.69, 9.17) is 31.5 Å². The van der Waals surface area contributed by atoms with Gasteiger partial charge >= 0.3 is 0 Å². The smallest absolute Gasteiger partial charge is 0.198 e. The van der Waals surface area contributed by atoms with Crippen molar-refractivity contribution in [1.82, 2.24) is 19.2 Å². The molecule has 2 aliphatic rings. The topological polar surface area (TPSA) is 53.7 Å². The number of benzene rings is 2. The fourth-order valence-corrected chi connectivity index (χ4v) is 4.12. The quantitative estimate of drug-likeness (QED) is 0.575. The molecule has 0 radical (unpaired) electrons. The van der Waals surface area contributed by atoms with Gasteiger partial charge in [0.1, 0.15) is 12.4 Å². The van der Waals surface area contributed by atoms with E-state index < -0.39 is 0 Å². The summed E-state index contributed by atoms with van der Waals surface area (Å²) in [6.45, 7) is 2.95. The standard InChI is InChI=1S/C22H23FN4O3S/c1-25-21(20-13-29-17-4-2-3-5-18(17)30-20)24-27(22(25)31)14-26-10-11-28-19(12-26)15-6-8-16(23)9-7-15/h2-9,19-20H,10-14H2,1H3. The van der Waals surface area contributed by atoms with Crippen LogP contribution in [0.5, 0.6) is 11.5 Å². The molecule has 5 rings (SSSR count). The Kier molecular flexibility index (Phi) is 5.47. The van der Waals surface area contributed by atoms with Gasteiger partial charge in [0.15, 0.2) is 28.2 Å². The highest BCUT2D eigenvalue weighted by atomic mass is 32.1. The lowest BCUT2D eigenvalue weighted by molar-refractivity contribution is -0.0420. The minimum absolute atomic E-state index is 0.113. The third-order valence-electron chi connectivity index (χ3n) is 5.60. The van der Waals surface area contributed by atoms with E-state index in [2.05, 4.69) is 4.90 Å². The number of nitrogens with zero attached hydrogens (tertiary/aromatic N) is 4. The van der Waals surface area contributed by atoms with Crippen LogP contribution < -0.4 is 9.47 Å². The van der Waals surface area contributed by atoms with Crippen LogP contribution in [0.3, 0.4) is 0 Å². The van der Waals surface area contributed by atoms with E-state index in [1.165, 1.54) is 12.1 Å². The van der Waals surface area contributed by atoms with Gasteiger partial charge in [-0.1, -0.05) is 24.3 Å². The van der Waals surface area contributed by atoms with Crippen LogP contribution >= 0.6 is 12.2 Å². The molecule has 2 aliphatic heterocycles. The molecule has 0 N–H and O–H groups in total. The second-order valence-electron chi connectivity index (χ2n) is 7.69. The Balaban J connectivity index is 1.31. The normalized spacial score (nSPS) is 21.2. The number of para-hydroxylation sites is 2.